The van der Waals surface area contributed by atoms with E-state index in [1.807, 2.05) is 53.4 Å². The molecule has 5 rings (SSSR count). The summed E-state index contributed by atoms with van der Waals surface area (Å²) in [6.07, 6.45) is 2.46. The summed E-state index contributed by atoms with van der Waals surface area (Å²) < 4.78 is 0. The number of benzene rings is 3. The van der Waals surface area contributed by atoms with Gasteiger partial charge in [0, 0.05) is 50.4 Å². The molecule has 3 aromatic carbocycles. The van der Waals surface area contributed by atoms with Crippen LogP contribution in [0.1, 0.15) is 39.9 Å². The highest BCUT2D eigenvalue weighted by molar-refractivity contribution is 5.98. The molecule has 3 aromatic rings. The van der Waals surface area contributed by atoms with Crippen molar-refractivity contribution in [1.82, 2.24) is 19.6 Å². The molecule has 0 aromatic heterocycles. The molecule has 2 fully saturated rings. The summed E-state index contributed by atoms with van der Waals surface area (Å²) in [5, 5.41) is 19.4. The lowest BCUT2D eigenvalue weighted by Crippen LogP contribution is -2.34. The van der Waals surface area contributed by atoms with E-state index in [9.17, 15) is 10.1 Å². The summed E-state index contributed by atoms with van der Waals surface area (Å²) in [4.78, 5) is 22.7. The fourth-order valence-electron chi connectivity index (χ4n) is 6.01. The van der Waals surface area contributed by atoms with Gasteiger partial charge in [0.15, 0.2) is 0 Å². The van der Waals surface area contributed by atoms with Crippen LogP contribution in [0.2, 0.25) is 0 Å². The second-order valence-corrected chi connectivity index (χ2v) is 11.7. The third kappa shape index (κ3) is 7.06. The zero-order chi connectivity index (χ0) is 29.5. The first kappa shape index (κ1) is 29.5. The van der Waals surface area contributed by atoms with Gasteiger partial charge in [0.25, 0.3) is 5.91 Å². The monoisotopic (exact) mass is 560 g/mol. The van der Waals surface area contributed by atoms with Crippen molar-refractivity contribution < 1.29 is 4.79 Å². The lowest BCUT2D eigenvalue weighted by Gasteiger charge is -2.22. The van der Waals surface area contributed by atoms with Crippen LogP contribution in [0.4, 0.5) is 0 Å². The maximum absolute atomic E-state index is 13.6. The van der Waals surface area contributed by atoms with Crippen LogP contribution in [0.25, 0.3) is 22.3 Å². The van der Waals surface area contributed by atoms with Crippen LogP contribution < -0.4 is 0 Å². The second kappa shape index (κ2) is 13.8. The van der Waals surface area contributed by atoms with Crippen molar-refractivity contribution in [1.29, 1.82) is 10.5 Å². The molecule has 0 aliphatic carbocycles. The lowest BCUT2D eigenvalue weighted by molar-refractivity contribution is 0.0763. The molecule has 0 N–H and O–H groups in total. The Hall–Kier alpha value is -4.01. The number of hydrogen-bond donors (Lipinski definition) is 0. The van der Waals surface area contributed by atoms with Gasteiger partial charge in [0.05, 0.1) is 24.1 Å². The third-order valence-electron chi connectivity index (χ3n) is 8.53. The van der Waals surface area contributed by atoms with Crippen molar-refractivity contribution in [3.05, 3.63) is 82.9 Å². The van der Waals surface area contributed by atoms with Gasteiger partial charge in [-0.2, -0.15) is 10.5 Å². The van der Waals surface area contributed by atoms with Gasteiger partial charge < -0.3 is 14.7 Å². The van der Waals surface area contributed by atoms with Crippen LogP contribution in [0.5, 0.6) is 0 Å². The first-order chi connectivity index (χ1) is 20.4. The van der Waals surface area contributed by atoms with Crippen molar-refractivity contribution in [2.75, 3.05) is 66.5 Å². The van der Waals surface area contributed by atoms with Gasteiger partial charge in [0.2, 0.25) is 0 Å². The molecule has 0 spiro atoms. The first-order valence-corrected chi connectivity index (χ1v) is 15.0. The molecule has 7 heteroatoms. The number of rotatable bonds is 6. The van der Waals surface area contributed by atoms with Crippen LogP contribution in [-0.2, 0) is 13.0 Å². The van der Waals surface area contributed by atoms with E-state index < -0.39 is 0 Å². The molecule has 2 saturated heterocycles. The zero-order valence-corrected chi connectivity index (χ0v) is 24.9. The smallest absolute Gasteiger partial charge is 0.253 e. The number of amides is 1. The fraction of sp³-hybridized carbons (Fsp3) is 0.400. The molecule has 2 aliphatic rings. The van der Waals surface area contributed by atoms with E-state index >= 15 is 0 Å². The minimum atomic E-state index is 0.0400. The molecular formula is C35H40N6O. The summed E-state index contributed by atoms with van der Waals surface area (Å²) in [5.41, 5.74) is 7.04. The number of nitriles is 2. The Labute approximate surface area is 250 Å². The molecule has 0 saturated carbocycles. The van der Waals surface area contributed by atoms with E-state index in [-0.39, 0.29) is 5.91 Å². The summed E-state index contributed by atoms with van der Waals surface area (Å²) in [6, 6.07) is 24.7. The van der Waals surface area contributed by atoms with E-state index in [2.05, 4.69) is 53.1 Å². The minimum Gasteiger partial charge on any atom is -0.337 e. The van der Waals surface area contributed by atoms with Crippen LogP contribution in [0, 0.1) is 22.7 Å². The molecule has 0 bridgehead atoms. The fourth-order valence-corrected chi connectivity index (χ4v) is 6.01. The van der Waals surface area contributed by atoms with Gasteiger partial charge in [-0.1, -0.05) is 42.5 Å². The van der Waals surface area contributed by atoms with Gasteiger partial charge in [-0.05, 0) is 92.6 Å². The molecule has 2 aliphatic heterocycles. The highest BCUT2D eigenvalue weighted by Crippen LogP contribution is 2.36. The van der Waals surface area contributed by atoms with E-state index in [1.54, 1.807) is 0 Å². The molecule has 7 nitrogen and oxygen atoms in total. The number of hydrogen-bond acceptors (Lipinski definition) is 6. The molecule has 216 valence electrons. The molecule has 42 heavy (non-hydrogen) atoms. The predicted molar refractivity (Wildman–Crippen MR) is 167 cm³/mol. The molecule has 1 amide bonds. The first-order valence-electron chi connectivity index (χ1n) is 15.0. The van der Waals surface area contributed by atoms with E-state index in [0.29, 0.717) is 24.1 Å². The molecule has 0 unspecified atom stereocenters. The third-order valence-corrected chi connectivity index (χ3v) is 8.53. The Kier molecular flexibility index (Phi) is 9.66. The Morgan fingerprint density at radius 3 is 2.14 bits per heavy atom. The Morgan fingerprint density at radius 2 is 1.40 bits per heavy atom. The topological polar surface area (TPSA) is 77.6 Å². The maximum atomic E-state index is 13.6. The summed E-state index contributed by atoms with van der Waals surface area (Å²) in [5.74, 6) is 0.0400. The molecular weight excluding hydrogens is 520 g/mol. The number of carbonyl (C=O) groups is 1. The van der Waals surface area contributed by atoms with Crippen molar-refractivity contribution in [3.63, 3.8) is 0 Å². The van der Waals surface area contributed by atoms with Gasteiger partial charge in [-0.3, -0.25) is 9.69 Å². The van der Waals surface area contributed by atoms with Crippen LogP contribution in [0.3, 0.4) is 0 Å². The van der Waals surface area contributed by atoms with Crippen molar-refractivity contribution in [2.24, 2.45) is 0 Å². The van der Waals surface area contributed by atoms with Crippen LogP contribution >= 0.6 is 0 Å². The predicted octanol–water partition coefficient (Wildman–Crippen LogP) is 4.87. The maximum Gasteiger partial charge on any atom is 0.253 e. The number of nitrogens with zero attached hydrogens (tertiary/aromatic N) is 6. The summed E-state index contributed by atoms with van der Waals surface area (Å²) >= 11 is 0. The average molecular weight is 561 g/mol. The van der Waals surface area contributed by atoms with Gasteiger partial charge in [0.1, 0.15) is 0 Å². The summed E-state index contributed by atoms with van der Waals surface area (Å²) in [7, 11) is 4.27. The molecule has 0 radical (unpaired) electrons. The van der Waals surface area contributed by atoms with Gasteiger partial charge in [-0.25, -0.2) is 0 Å². The van der Waals surface area contributed by atoms with E-state index in [0.717, 1.165) is 98.6 Å². The number of likely N-dealkylation sites (N-methyl/N-ethyl adjacent to an activating group) is 2. The van der Waals surface area contributed by atoms with E-state index in [4.69, 9.17) is 5.26 Å². The van der Waals surface area contributed by atoms with E-state index in [1.165, 1.54) is 0 Å². The Balaban J connectivity index is 1.50. The lowest BCUT2D eigenvalue weighted by atomic mass is 9.89. The van der Waals surface area contributed by atoms with Crippen molar-refractivity contribution >= 4 is 5.91 Å². The van der Waals surface area contributed by atoms with Crippen LogP contribution in [0.15, 0.2) is 60.7 Å². The van der Waals surface area contributed by atoms with Crippen molar-refractivity contribution in [2.45, 2.75) is 25.8 Å². The highest BCUT2D eigenvalue weighted by Gasteiger charge is 2.22. The zero-order valence-electron chi connectivity index (χ0n) is 24.9. The Morgan fingerprint density at radius 1 is 0.714 bits per heavy atom. The van der Waals surface area contributed by atoms with Gasteiger partial charge >= 0.3 is 0 Å². The van der Waals surface area contributed by atoms with Crippen LogP contribution in [-0.4, -0.2) is 92.0 Å². The SMILES string of the molecule is CN1CCCN(Cc2ccc(-c3ccc(C(=O)N4CCCN(C)CC4)cc3-c3ccc(CC#N)cc3)c(C#N)c2)CC1. The standard InChI is InChI=1S/C35H40N6O/c1-38-15-3-17-40(21-19-38)26-28-7-11-32(31(23-28)25-37)33-12-10-30(35(42)41-18-4-16-39(2)20-22-41)24-34(33)29-8-5-27(6-9-29)13-14-36/h5-12,23-24H,3-4,13,15-22,26H2,1-2H3. The highest BCUT2D eigenvalue weighted by atomic mass is 16.2. The minimum absolute atomic E-state index is 0.0400. The molecule has 2 heterocycles. The second-order valence-electron chi connectivity index (χ2n) is 11.7. The average Bonchev–Trinajstić information content (AvgIpc) is 3.36. The number of carbonyl (C=O) groups excluding carboxylic acids is 1. The van der Waals surface area contributed by atoms with Gasteiger partial charge in [-0.15, -0.1) is 0 Å². The summed E-state index contributed by atoms with van der Waals surface area (Å²) in [6.45, 7) is 8.39. The normalized spacial score (nSPS) is 17.2. The van der Waals surface area contributed by atoms with Crippen molar-refractivity contribution in [3.8, 4) is 34.4 Å². The molecule has 0 atom stereocenters. The largest absolute Gasteiger partial charge is 0.337 e. The Bertz CT molecular complexity index is 1480. The quantitative estimate of drug-likeness (QED) is 0.428.